The first kappa shape index (κ1) is 26.3. The molecule has 0 bridgehead atoms. The molecule has 1 aliphatic carbocycles. The third kappa shape index (κ3) is 4.11. The summed E-state index contributed by atoms with van der Waals surface area (Å²) in [6.45, 7) is 1.88. The molecular formula is C35H18F4N4. The number of rotatable bonds is 2. The molecule has 1 unspecified atom stereocenters. The minimum absolute atomic E-state index is 0.349. The molecule has 6 aromatic rings. The van der Waals surface area contributed by atoms with Crippen LogP contribution in [0.2, 0.25) is 0 Å². The van der Waals surface area contributed by atoms with Crippen molar-refractivity contribution in [1.29, 1.82) is 10.5 Å². The molecule has 1 atom stereocenters. The van der Waals surface area contributed by atoms with Crippen LogP contribution in [0.5, 0.6) is 0 Å². The number of halogens is 4. The number of nitriles is 2. The molecule has 4 nitrogen and oxygen atoms in total. The molecule has 0 radical (unpaired) electrons. The highest BCUT2D eigenvalue weighted by atomic mass is 19.1. The summed E-state index contributed by atoms with van der Waals surface area (Å²) in [5.41, 5.74) is 2.22. The highest BCUT2D eigenvalue weighted by Crippen LogP contribution is 2.40. The fourth-order valence-electron chi connectivity index (χ4n) is 6.40. The van der Waals surface area contributed by atoms with Crippen LogP contribution < -0.4 is 10.7 Å². The lowest BCUT2D eigenvalue weighted by Gasteiger charge is -2.30. The van der Waals surface area contributed by atoms with Crippen molar-refractivity contribution in [3.63, 3.8) is 0 Å². The van der Waals surface area contributed by atoms with Crippen LogP contribution in [0.25, 0.3) is 49.5 Å². The number of hydrogen-bond acceptors (Lipinski definition) is 4. The first-order valence-electron chi connectivity index (χ1n) is 13.3. The van der Waals surface area contributed by atoms with Crippen molar-refractivity contribution in [2.24, 2.45) is 9.98 Å². The molecule has 6 aromatic carbocycles. The quantitative estimate of drug-likeness (QED) is 0.159. The second-order valence-electron chi connectivity index (χ2n) is 11.0. The van der Waals surface area contributed by atoms with Gasteiger partial charge >= 0.3 is 0 Å². The Morgan fingerprint density at radius 2 is 1.21 bits per heavy atom. The van der Waals surface area contributed by atoms with Crippen LogP contribution in [0.15, 0.2) is 82.8 Å². The van der Waals surface area contributed by atoms with E-state index in [0.717, 1.165) is 39.4 Å². The lowest BCUT2D eigenvalue weighted by atomic mass is 9.73. The zero-order valence-electron chi connectivity index (χ0n) is 22.5. The molecule has 0 aromatic heterocycles. The Morgan fingerprint density at radius 3 is 1.88 bits per heavy atom. The van der Waals surface area contributed by atoms with Gasteiger partial charge in [-0.15, -0.1) is 0 Å². The maximum absolute atomic E-state index is 14.1. The van der Waals surface area contributed by atoms with E-state index in [-0.39, 0.29) is 0 Å². The zero-order valence-corrected chi connectivity index (χ0v) is 22.5. The maximum Gasteiger partial charge on any atom is 0.206 e. The molecule has 0 saturated heterocycles. The Kier molecular flexibility index (Phi) is 5.79. The molecule has 0 N–H and O–H groups in total. The van der Waals surface area contributed by atoms with Gasteiger partial charge in [0.1, 0.15) is 23.3 Å². The number of fused-ring (bicyclic) bond motifs is 6. The van der Waals surface area contributed by atoms with Gasteiger partial charge in [-0.25, -0.2) is 17.6 Å². The lowest BCUT2D eigenvalue weighted by molar-refractivity contribution is 0.544. The second kappa shape index (κ2) is 9.47. The summed E-state index contributed by atoms with van der Waals surface area (Å²) < 4.78 is 56.2. The second-order valence-corrected chi connectivity index (χ2v) is 11.0. The summed E-state index contributed by atoms with van der Waals surface area (Å²) in [6.07, 6.45) is 7.91. The van der Waals surface area contributed by atoms with E-state index in [0.29, 0.717) is 50.0 Å². The molecule has 8 heteroatoms. The van der Waals surface area contributed by atoms with Gasteiger partial charge in [-0.2, -0.15) is 20.5 Å². The third-order valence-corrected chi connectivity index (χ3v) is 8.34. The predicted octanol–water partition coefficient (Wildman–Crippen LogP) is 7.54. The first-order valence-corrected chi connectivity index (χ1v) is 13.3. The molecule has 1 aliphatic rings. The topological polar surface area (TPSA) is 72.3 Å². The summed E-state index contributed by atoms with van der Waals surface area (Å²) >= 11 is 0. The molecule has 206 valence electrons. The molecule has 0 spiro atoms. The molecule has 0 heterocycles. The molecule has 0 amide bonds. The van der Waals surface area contributed by atoms with Crippen LogP contribution in [-0.4, -0.2) is 0 Å². The van der Waals surface area contributed by atoms with Crippen LogP contribution in [-0.2, 0) is 11.8 Å². The van der Waals surface area contributed by atoms with E-state index >= 15 is 0 Å². The average molecular weight is 571 g/mol. The van der Waals surface area contributed by atoms with Crippen molar-refractivity contribution >= 4 is 38.4 Å². The van der Waals surface area contributed by atoms with Crippen molar-refractivity contribution in [2.45, 2.75) is 18.8 Å². The standard InChI is InChI=1S/C35H18F4N4/c1-35(20-9-23(38)12-24(39)10-20)5-4-26-28-14-30-27(13-31(28)34(43-17-41)32(26)15-35)25-3-2-18(8-29(25)33(30)42-16-40)19-6-21(36)11-22(37)7-19/h2-14H,15H2,1H3. The summed E-state index contributed by atoms with van der Waals surface area (Å²) in [7, 11) is 0. The minimum Gasteiger partial charge on any atom is -0.207 e. The van der Waals surface area contributed by atoms with E-state index in [1.165, 1.54) is 24.3 Å². The van der Waals surface area contributed by atoms with E-state index in [4.69, 9.17) is 0 Å². The predicted molar refractivity (Wildman–Crippen MR) is 155 cm³/mol. The van der Waals surface area contributed by atoms with Gasteiger partial charge in [0, 0.05) is 33.7 Å². The molecule has 7 rings (SSSR count). The highest BCUT2D eigenvalue weighted by molar-refractivity contribution is 6.17. The zero-order chi connectivity index (χ0) is 30.0. The first-order chi connectivity index (χ1) is 20.7. The Balaban J connectivity index is 1.49. The smallest absolute Gasteiger partial charge is 0.206 e. The number of benzene rings is 4. The van der Waals surface area contributed by atoms with Crippen molar-refractivity contribution in [2.75, 3.05) is 0 Å². The fraction of sp³-hybridized carbons (Fsp3) is 0.0857. The van der Waals surface area contributed by atoms with E-state index in [9.17, 15) is 28.1 Å². The summed E-state index contributed by atoms with van der Waals surface area (Å²) in [5, 5.41) is 24.4. The molecular weight excluding hydrogens is 552 g/mol. The van der Waals surface area contributed by atoms with Crippen molar-refractivity contribution in [3.05, 3.63) is 123 Å². The van der Waals surface area contributed by atoms with Gasteiger partial charge in [0.15, 0.2) is 0 Å². The number of allylic oxidation sites excluding steroid dienone is 1. The van der Waals surface area contributed by atoms with Gasteiger partial charge < -0.3 is 0 Å². The monoisotopic (exact) mass is 570 g/mol. The van der Waals surface area contributed by atoms with Gasteiger partial charge in [-0.05, 0) is 92.9 Å². The van der Waals surface area contributed by atoms with Gasteiger partial charge in [0.05, 0.1) is 10.7 Å². The Labute approximate surface area is 242 Å². The van der Waals surface area contributed by atoms with Crippen molar-refractivity contribution in [1.82, 2.24) is 0 Å². The van der Waals surface area contributed by atoms with Crippen LogP contribution >= 0.6 is 0 Å². The molecule has 0 aliphatic heterocycles. The summed E-state index contributed by atoms with van der Waals surface area (Å²) in [5.74, 6) is -2.74. The van der Waals surface area contributed by atoms with E-state index < -0.39 is 28.7 Å². The molecule has 43 heavy (non-hydrogen) atoms. The van der Waals surface area contributed by atoms with Crippen LogP contribution in [0.1, 0.15) is 23.6 Å². The van der Waals surface area contributed by atoms with E-state index in [2.05, 4.69) is 9.98 Å². The van der Waals surface area contributed by atoms with Crippen molar-refractivity contribution in [3.8, 4) is 23.5 Å². The highest BCUT2D eigenvalue weighted by Gasteiger charge is 2.32. The normalized spacial score (nSPS) is 17.1. The maximum atomic E-state index is 14.1. The van der Waals surface area contributed by atoms with E-state index in [1.807, 2.05) is 49.7 Å². The van der Waals surface area contributed by atoms with Crippen molar-refractivity contribution < 1.29 is 17.6 Å². The van der Waals surface area contributed by atoms with Gasteiger partial charge in [-0.1, -0.05) is 31.2 Å². The lowest BCUT2D eigenvalue weighted by Crippen LogP contribution is -2.28. The van der Waals surface area contributed by atoms with Gasteiger partial charge in [0.25, 0.3) is 0 Å². The van der Waals surface area contributed by atoms with Crippen LogP contribution in [0.3, 0.4) is 0 Å². The largest absolute Gasteiger partial charge is 0.207 e. The number of nitrogens with zero attached hydrogens (tertiary/aromatic N) is 4. The summed E-state index contributed by atoms with van der Waals surface area (Å²) in [6, 6.07) is 15.9. The minimum atomic E-state index is -0.754. The van der Waals surface area contributed by atoms with Gasteiger partial charge in [0.2, 0.25) is 12.4 Å². The number of hydrogen-bond donors (Lipinski definition) is 0. The van der Waals surface area contributed by atoms with Gasteiger partial charge in [-0.3, -0.25) is 0 Å². The fourth-order valence-corrected chi connectivity index (χ4v) is 6.40. The Morgan fingerprint density at radius 1 is 0.628 bits per heavy atom. The molecule has 0 fully saturated rings. The van der Waals surface area contributed by atoms with E-state index in [1.54, 1.807) is 12.1 Å². The summed E-state index contributed by atoms with van der Waals surface area (Å²) in [4.78, 5) is 8.31. The third-order valence-electron chi connectivity index (χ3n) is 8.34. The average Bonchev–Trinajstić information content (AvgIpc) is 3.42. The van der Waals surface area contributed by atoms with Crippen LogP contribution in [0.4, 0.5) is 17.6 Å². The SMILES string of the molecule is CC1(c2cc(F)cc(F)c2)C=Cc2c(c(=NC#N)c3cc4c(cc23)c(=NC#N)c2cc(-c3cc(F)cc(F)c3)ccc24)C1. The van der Waals surface area contributed by atoms with Crippen LogP contribution in [0, 0.1) is 46.2 Å². The Bertz CT molecular complexity index is 2380. The Hall–Kier alpha value is -5.60. The molecule has 0 saturated carbocycles.